The third-order valence-corrected chi connectivity index (χ3v) is 2.29. The van der Waals surface area contributed by atoms with Crippen molar-refractivity contribution in [1.29, 1.82) is 0 Å². The summed E-state index contributed by atoms with van der Waals surface area (Å²) < 4.78 is 2.14. The molecule has 0 amide bonds. The van der Waals surface area contributed by atoms with Crippen molar-refractivity contribution in [3.63, 3.8) is 0 Å². The zero-order valence-corrected chi connectivity index (χ0v) is 6.97. The minimum absolute atomic E-state index is 0.807. The second kappa shape index (κ2) is 4.39. The molecule has 3 heteroatoms. The lowest BCUT2D eigenvalue weighted by molar-refractivity contribution is 0.636. The molecule has 0 aromatic rings. The van der Waals surface area contributed by atoms with E-state index in [1.807, 2.05) is 24.2 Å². The molecule has 0 unspecified atom stereocenters. The number of nitrogens with zero attached hydrogens (tertiary/aromatic N) is 2. The molecule has 0 radical (unpaired) electrons. The maximum atomic E-state index is 4.10. The lowest BCUT2D eigenvalue weighted by Gasteiger charge is -2.17. The molecule has 0 fully saturated rings. The number of aliphatic imine (C=N–C) groups is 1. The van der Waals surface area contributed by atoms with Gasteiger partial charge in [-0.05, 0) is 24.4 Å². The molecule has 1 rings (SSSR count). The van der Waals surface area contributed by atoms with Gasteiger partial charge in [-0.1, -0.05) is 6.92 Å². The molecule has 1 aliphatic rings. The Labute approximate surface area is 66.1 Å². The Kier molecular flexibility index (Phi) is 3.36. The summed E-state index contributed by atoms with van der Waals surface area (Å²) in [6.45, 7) is 2.99. The van der Waals surface area contributed by atoms with Crippen molar-refractivity contribution in [2.75, 3.05) is 12.4 Å². The van der Waals surface area contributed by atoms with Crippen molar-refractivity contribution < 1.29 is 0 Å². The monoisotopic (exact) mass is 156 g/mol. The third-order valence-electron chi connectivity index (χ3n) is 1.13. The maximum Gasteiger partial charge on any atom is 0.119 e. The summed E-state index contributed by atoms with van der Waals surface area (Å²) in [5, 5.41) is 0. The molecular weight excluding hydrogens is 144 g/mol. The van der Waals surface area contributed by atoms with Gasteiger partial charge in [0, 0.05) is 18.2 Å². The van der Waals surface area contributed by atoms with Gasteiger partial charge in [-0.2, -0.15) is 0 Å². The van der Waals surface area contributed by atoms with Gasteiger partial charge in [0.05, 0.1) is 0 Å². The highest BCUT2D eigenvalue weighted by Gasteiger charge is 1.98. The average Bonchev–Trinajstić information content (AvgIpc) is 2.03. The van der Waals surface area contributed by atoms with Crippen LogP contribution in [-0.4, -0.2) is 22.9 Å². The van der Waals surface area contributed by atoms with E-state index in [1.165, 1.54) is 12.2 Å². The van der Waals surface area contributed by atoms with E-state index >= 15 is 0 Å². The van der Waals surface area contributed by atoms with Crippen molar-refractivity contribution in [2.24, 2.45) is 4.99 Å². The van der Waals surface area contributed by atoms with Crippen LogP contribution in [0.25, 0.3) is 0 Å². The molecule has 0 N–H and O–H groups in total. The van der Waals surface area contributed by atoms with E-state index in [4.69, 9.17) is 0 Å². The molecule has 0 aromatic heterocycles. The smallest absolute Gasteiger partial charge is 0.119 e. The second-order valence-electron chi connectivity index (χ2n) is 2.06. The SMILES string of the molecule is CCCSN1C=CC=NC1. The van der Waals surface area contributed by atoms with Crippen LogP contribution in [0.1, 0.15) is 13.3 Å². The normalized spacial score (nSPS) is 16.3. The Hall–Kier alpha value is -0.440. The van der Waals surface area contributed by atoms with E-state index in [0.717, 1.165) is 6.67 Å². The molecule has 1 heterocycles. The first kappa shape index (κ1) is 7.66. The topological polar surface area (TPSA) is 15.6 Å². The van der Waals surface area contributed by atoms with Gasteiger partial charge < -0.3 is 4.31 Å². The van der Waals surface area contributed by atoms with Crippen LogP contribution in [0.5, 0.6) is 0 Å². The molecule has 0 saturated heterocycles. The molecule has 0 bridgehead atoms. The lowest BCUT2D eigenvalue weighted by Crippen LogP contribution is -2.11. The minimum Gasteiger partial charge on any atom is -0.302 e. The van der Waals surface area contributed by atoms with E-state index in [2.05, 4.69) is 22.4 Å². The van der Waals surface area contributed by atoms with Crippen LogP contribution in [0, 0.1) is 0 Å². The van der Waals surface area contributed by atoms with Crippen LogP contribution in [0.2, 0.25) is 0 Å². The minimum atomic E-state index is 0.807. The van der Waals surface area contributed by atoms with Crippen LogP contribution in [0.15, 0.2) is 17.3 Å². The summed E-state index contributed by atoms with van der Waals surface area (Å²) in [5.41, 5.74) is 0. The average molecular weight is 156 g/mol. The summed E-state index contributed by atoms with van der Waals surface area (Å²) in [5.74, 6) is 1.18. The van der Waals surface area contributed by atoms with Gasteiger partial charge in [0.25, 0.3) is 0 Å². The quantitative estimate of drug-likeness (QED) is 0.580. The molecule has 0 saturated carbocycles. The maximum absolute atomic E-state index is 4.10. The highest BCUT2D eigenvalue weighted by atomic mass is 32.2. The Morgan fingerprint density at radius 2 is 2.60 bits per heavy atom. The van der Waals surface area contributed by atoms with Gasteiger partial charge in [0.1, 0.15) is 6.67 Å². The number of hydrogen-bond donors (Lipinski definition) is 0. The Morgan fingerprint density at radius 3 is 3.20 bits per heavy atom. The van der Waals surface area contributed by atoms with Crippen molar-refractivity contribution in [2.45, 2.75) is 13.3 Å². The standard InChI is InChI=1S/C7H12N2S/c1-2-6-10-9-5-3-4-8-7-9/h3-5H,2,6-7H2,1H3. The van der Waals surface area contributed by atoms with E-state index in [0.29, 0.717) is 0 Å². The van der Waals surface area contributed by atoms with Gasteiger partial charge in [0.2, 0.25) is 0 Å². The lowest BCUT2D eigenvalue weighted by atomic mass is 10.6. The van der Waals surface area contributed by atoms with E-state index < -0.39 is 0 Å². The van der Waals surface area contributed by atoms with Gasteiger partial charge >= 0.3 is 0 Å². The molecule has 10 heavy (non-hydrogen) atoms. The zero-order valence-electron chi connectivity index (χ0n) is 6.16. The molecule has 0 atom stereocenters. The van der Waals surface area contributed by atoms with Crippen molar-refractivity contribution in [3.8, 4) is 0 Å². The predicted octanol–water partition coefficient (Wildman–Crippen LogP) is 1.90. The number of allylic oxidation sites excluding steroid dienone is 1. The van der Waals surface area contributed by atoms with Crippen molar-refractivity contribution >= 4 is 18.2 Å². The van der Waals surface area contributed by atoms with Crippen LogP contribution in [0.3, 0.4) is 0 Å². The Bertz CT molecular complexity index is 143. The highest BCUT2D eigenvalue weighted by molar-refractivity contribution is 7.97. The first-order valence-corrected chi connectivity index (χ1v) is 4.44. The Morgan fingerprint density at radius 1 is 1.70 bits per heavy atom. The van der Waals surface area contributed by atoms with Crippen LogP contribution in [-0.2, 0) is 0 Å². The Balaban J connectivity index is 2.17. The molecule has 1 aliphatic heterocycles. The third kappa shape index (κ3) is 2.43. The van der Waals surface area contributed by atoms with E-state index in [-0.39, 0.29) is 0 Å². The van der Waals surface area contributed by atoms with Gasteiger partial charge in [0.15, 0.2) is 0 Å². The van der Waals surface area contributed by atoms with Crippen LogP contribution >= 0.6 is 11.9 Å². The van der Waals surface area contributed by atoms with Gasteiger partial charge in [-0.15, -0.1) is 0 Å². The summed E-state index contributed by atoms with van der Waals surface area (Å²) in [4.78, 5) is 4.10. The van der Waals surface area contributed by atoms with E-state index in [1.54, 1.807) is 0 Å². The summed E-state index contributed by atoms with van der Waals surface area (Å²) in [7, 11) is 0. The largest absolute Gasteiger partial charge is 0.302 e. The summed E-state index contributed by atoms with van der Waals surface area (Å²) in [6, 6.07) is 0. The summed E-state index contributed by atoms with van der Waals surface area (Å²) >= 11 is 1.83. The highest BCUT2D eigenvalue weighted by Crippen LogP contribution is 2.12. The molecule has 56 valence electrons. The second-order valence-corrected chi connectivity index (χ2v) is 3.20. The van der Waals surface area contributed by atoms with Crippen LogP contribution < -0.4 is 0 Å². The molecule has 0 aromatic carbocycles. The fraction of sp³-hybridized carbons (Fsp3) is 0.571. The fourth-order valence-corrected chi connectivity index (χ4v) is 1.38. The van der Waals surface area contributed by atoms with Crippen molar-refractivity contribution in [3.05, 3.63) is 12.3 Å². The van der Waals surface area contributed by atoms with Crippen LogP contribution in [0.4, 0.5) is 0 Å². The van der Waals surface area contributed by atoms with Gasteiger partial charge in [-0.3, -0.25) is 4.99 Å². The molecule has 0 spiro atoms. The van der Waals surface area contributed by atoms with Crippen molar-refractivity contribution in [1.82, 2.24) is 4.31 Å². The molecule has 2 nitrogen and oxygen atoms in total. The summed E-state index contributed by atoms with van der Waals surface area (Å²) in [6.07, 6.45) is 7.08. The predicted molar refractivity (Wildman–Crippen MR) is 47.1 cm³/mol. The number of hydrogen-bond acceptors (Lipinski definition) is 3. The van der Waals surface area contributed by atoms with Gasteiger partial charge in [-0.25, -0.2) is 0 Å². The zero-order chi connectivity index (χ0) is 7.23. The first-order valence-electron chi connectivity index (χ1n) is 3.49. The first-order chi connectivity index (χ1) is 4.93. The number of rotatable bonds is 3. The van der Waals surface area contributed by atoms with E-state index in [9.17, 15) is 0 Å². The fourth-order valence-electron chi connectivity index (χ4n) is 0.662. The molecule has 0 aliphatic carbocycles. The molecular formula is C7H12N2S.